The number of alkyl carbamates (subject to hydrolysis) is 1. The van der Waals surface area contributed by atoms with Gasteiger partial charge in [-0.15, -0.1) is 0 Å². The van der Waals surface area contributed by atoms with E-state index in [1.165, 1.54) is 0 Å². The van der Waals surface area contributed by atoms with Crippen molar-refractivity contribution in [2.45, 2.75) is 52.2 Å². The lowest BCUT2D eigenvalue weighted by atomic mass is 9.98. The fourth-order valence-corrected chi connectivity index (χ4v) is 3.11. The Hall–Kier alpha value is -1.31. The summed E-state index contributed by atoms with van der Waals surface area (Å²) in [6.07, 6.45) is 1.75. The van der Waals surface area contributed by atoms with Crippen molar-refractivity contribution >= 4 is 39.7 Å². The molecule has 0 spiro atoms. The molecule has 124 valence electrons. The first kappa shape index (κ1) is 16.5. The minimum absolute atomic E-state index is 0.0396. The molecule has 6 heteroatoms. The highest BCUT2D eigenvalue weighted by atomic mass is 127. The summed E-state index contributed by atoms with van der Waals surface area (Å²) < 4.78 is 6.57. The second kappa shape index (κ2) is 5.65. The van der Waals surface area contributed by atoms with Crippen LogP contribution >= 0.6 is 22.6 Å². The van der Waals surface area contributed by atoms with Crippen LogP contribution in [0.15, 0.2) is 18.2 Å². The van der Waals surface area contributed by atoms with E-state index in [-0.39, 0.29) is 11.5 Å². The summed E-state index contributed by atoms with van der Waals surface area (Å²) in [6.45, 7) is 7.77. The maximum Gasteiger partial charge on any atom is 0.408 e. The number of halogens is 1. The maximum atomic E-state index is 12.2. The number of rotatable bonds is 3. The molecule has 1 aliphatic carbocycles. The lowest BCUT2D eigenvalue weighted by Crippen LogP contribution is -2.38. The Morgan fingerprint density at radius 3 is 2.74 bits per heavy atom. The number of imidazole rings is 1. The molecule has 5 nitrogen and oxygen atoms in total. The van der Waals surface area contributed by atoms with Gasteiger partial charge in [-0.3, -0.25) is 0 Å². The third kappa shape index (κ3) is 3.79. The number of aromatic amines is 1. The van der Waals surface area contributed by atoms with Gasteiger partial charge in [0.2, 0.25) is 0 Å². The number of amides is 1. The summed E-state index contributed by atoms with van der Waals surface area (Å²) >= 11 is 2.28. The average molecular weight is 427 g/mol. The zero-order chi connectivity index (χ0) is 16.8. The number of hydrogen-bond donors (Lipinski definition) is 2. The number of H-pyrrole nitrogens is 1. The number of aromatic nitrogens is 2. The number of ether oxygens (including phenoxy) is 1. The molecule has 1 aromatic heterocycles. The van der Waals surface area contributed by atoms with Gasteiger partial charge in [0.1, 0.15) is 11.4 Å². The molecule has 2 aromatic rings. The largest absolute Gasteiger partial charge is 0.444 e. The van der Waals surface area contributed by atoms with E-state index >= 15 is 0 Å². The molecular weight excluding hydrogens is 405 g/mol. The van der Waals surface area contributed by atoms with Gasteiger partial charge in [-0.2, -0.15) is 0 Å². The Kier molecular flexibility index (Phi) is 4.06. The standard InChI is InChI=1S/C17H22IN3O2/c1-16(2,3)23-15(22)21-13(17(4)7-8-17)14-19-11-6-5-10(18)9-12(11)20-14/h5-6,9,13H,7-8H2,1-4H3,(H,19,20)(H,21,22). The highest BCUT2D eigenvalue weighted by molar-refractivity contribution is 14.1. The first-order chi connectivity index (χ1) is 10.7. The van der Waals surface area contributed by atoms with Gasteiger partial charge in [0, 0.05) is 3.57 Å². The molecule has 2 N–H and O–H groups in total. The number of carbonyl (C=O) groups excluding carboxylic acids is 1. The van der Waals surface area contributed by atoms with Crippen molar-refractivity contribution in [1.82, 2.24) is 15.3 Å². The first-order valence-electron chi connectivity index (χ1n) is 7.81. The quantitative estimate of drug-likeness (QED) is 0.708. The number of nitrogens with one attached hydrogen (secondary N) is 2. The van der Waals surface area contributed by atoms with Crippen LogP contribution in [-0.2, 0) is 4.74 Å². The van der Waals surface area contributed by atoms with Gasteiger partial charge in [0.25, 0.3) is 0 Å². The number of fused-ring (bicyclic) bond motifs is 1. The molecule has 1 fully saturated rings. The van der Waals surface area contributed by atoms with E-state index < -0.39 is 11.7 Å². The van der Waals surface area contributed by atoms with Crippen molar-refractivity contribution in [2.75, 3.05) is 0 Å². The Balaban J connectivity index is 1.88. The highest BCUT2D eigenvalue weighted by Crippen LogP contribution is 2.54. The van der Waals surface area contributed by atoms with E-state index in [9.17, 15) is 4.79 Å². The van der Waals surface area contributed by atoms with Crippen molar-refractivity contribution < 1.29 is 9.53 Å². The Labute approximate surface area is 149 Å². The van der Waals surface area contributed by atoms with Crippen LogP contribution in [0.5, 0.6) is 0 Å². The van der Waals surface area contributed by atoms with Crippen molar-refractivity contribution in [1.29, 1.82) is 0 Å². The van der Waals surface area contributed by atoms with E-state index in [4.69, 9.17) is 4.74 Å². The molecule has 0 bridgehead atoms. The molecule has 1 atom stereocenters. The summed E-state index contributed by atoms with van der Waals surface area (Å²) in [5.74, 6) is 0.799. The number of carbonyl (C=O) groups is 1. The van der Waals surface area contributed by atoms with E-state index in [1.807, 2.05) is 32.9 Å². The summed E-state index contributed by atoms with van der Waals surface area (Å²) in [7, 11) is 0. The third-order valence-electron chi connectivity index (χ3n) is 4.13. The van der Waals surface area contributed by atoms with Crippen LogP contribution in [0.1, 0.15) is 52.4 Å². The fraction of sp³-hybridized carbons (Fsp3) is 0.529. The van der Waals surface area contributed by atoms with Crippen molar-refractivity contribution in [3.05, 3.63) is 27.6 Å². The number of nitrogens with zero attached hydrogens (tertiary/aromatic N) is 1. The van der Waals surface area contributed by atoms with E-state index in [2.05, 4.69) is 50.9 Å². The van der Waals surface area contributed by atoms with Gasteiger partial charge in [-0.05, 0) is 79.8 Å². The lowest BCUT2D eigenvalue weighted by Gasteiger charge is -2.26. The molecule has 1 amide bonds. The zero-order valence-electron chi connectivity index (χ0n) is 13.9. The molecule has 23 heavy (non-hydrogen) atoms. The van der Waals surface area contributed by atoms with Gasteiger partial charge in [0.15, 0.2) is 0 Å². The van der Waals surface area contributed by atoms with Crippen LogP contribution in [-0.4, -0.2) is 21.7 Å². The predicted octanol–water partition coefficient (Wildman–Crippen LogP) is 4.53. The van der Waals surface area contributed by atoms with Gasteiger partial charge >= 0.3 is 6.09 Å². The third-order valence-corrected chi connectivity index (χ3v) is 4.80. The molecule has 1 unspecified atom stereocenters. The van der Waals surface area contributed by atoms with Crippen LogP contribution in [0.25, 0.3) is 11.0 Å². The Morgan fingerprint density at radius 1 is 1.43 bits per heavy atom. The van der Waals surface area contributed by atoms with Gasteiger partial charge in [-0.1, -0.05) is 6.92 Å². The second-order valence-electron chi connectivity index (χ2n) is 7.52. The molecule has 0 radical (unpaired) electrons. The Morgan fingerprint density at radius 2 is 2.13 bits per heavy atom. The van der Waals surface area contributed by atoms with E-state index in [0.29, 0.717) is 0 Å². The molecule has 1 aromatic carbocycles. The van der Waals surface area contributed by atoms with Crippen LogP contribution in [0.3, 0.4) is 0 Å². The van der Waals surface area contributed by atoms with Crippen molar-refractivity contribution in [3.8, 4) is 0 Å². The molecule has 1 heterocycles. The summed E-state index contributed by atoms with van der Waals surface area (Å²) in [5, 5.41) is 3.01. The maximum absolute atomic E-state index is 12.2. The van der Waals surface area contributed by atoms with Crippen molar-refractivity contribution in [2.24, 2.45) is 5.41 Å². The fourth-order valence-electron chi connectivity index (χ4n) is 2.62. The van der Waals surface area contributed by atoms with E-state index in [1.54, 1.807) is 0 Å². The topological polar surface area (TPSA) is 67.0 Å². The molecular formula is C17H22IN3O2. The summed E-state index contributed by atoms with van der Waals surface area (Å²) in [6, 6.07) is 5.92. The normalized spacial score (nSPS) is 17.8. The Bertz CT molecular complexity index is 744. The SMILES string of the molecule is CC(C)(C)OC(=O)NC(c1nc2ccc(I)cc2[nH]1)C1(C)CC1. The van der Waals surface area contributed by atoms with Crippen LogP contribution in [0.2, 0.25) is 0 Å². The molecule has 1 saturated carbocycles. The number of benzene rings is 1. The highest BCUT2D eigenvalue weighted by Gasteiger charge is 2.48. The monoisotopic (exact) mass is 427 g/mol. The average Bonchev–Trinajstić information content (AvgIpc) is 3.01. The van der Waals surface area contributed by atoms with Gasteiger partial charge in [0.05, 0.1) is 17.1 Å². The number of hydrogen-bond acceptors (Lipinski definition) is 3. The van der Waals surface area contributed by atoms with E-state index in [0.717, 1.165) is 33.3 Å². The zero-order valence-corrected chi connectivity index (χ0v) is 16.0. The lowest BCUT2D eigenvalue weighted by molar-refractivity contribution is 0.0478. The predicted molar refractivity (Wildman–Crippen MR) is 98.3 cm³/mol. The van der Waals surface area contributed by atoms with Crippen molar-refractivity contribution in [3.63, 3.8) is 0 Å². The molecule has 0 aliphatic heterocycles. The molecule has 1 aliphatic rings. The van der Waals surface area contributed by atoms with Gasteiger partial charge in [-0.25, -0.2) is 9.78 Å². The van der Waals surface area contributed by atoms with Crippen LogP contribution in [0.4, 0.5) is 4.79 Å². The molecule has 3 rings (SSSR count). The van der Waals surface area contributed by atoms with Crippen LogP contribution in [0, 0.1) is 8.99 Å². The molecule has 0 saturated heterocycles. The van der Waals surface area contributed by atoms with Crippen LogP contribution < -0.4 is 5.32 Å². The second-order valence-corrected chi connectivity index (χ2v) is 8.76. The minimum Gasteiger partial charge on any atom is -0.444 e. The van der Waals surface area contributed by atoms with Gasteiger partial charge < -0.3 is 15.0 Å². The summed E-state index contributed by atoms with van der Waals surface area (Å²) in [5.41, 5.74) is 1.44. The smallest absolute Gasteiger partial charge is 0.408 e. The minimum atomic E-state index is -0.511. The first-order valence-corrected chi connectivity index (χ1v) is 8.89. The summed E-state index contributed by atoms with van der Waals surface area (Å²) in [4.78, 5) is 20.3.